The summed E-state index contributed by atoms with van der Waals surface area (Å²) in [7, 11) is 0. The highest BCUT2D eigenvalue weighted by Crippen LogP contribution is 2.22. The molecule has 9 nitrogen and oxygen atoms in total. The van der Waals surface area contributed by atoms with E-state index in [0.717, 1.165) is 3.70 Å². The van der Waals surface area contributed by atoms with Gasteiger partial charge in [-0.1, -0.05) is 0 Å². The van der Waals surface area contributed by atoms with Crippen LogP contribution in [0.15, 0.2) is 12.7 Å². The average molecular weight is 459 g/mol. The van der Waals surface area contributed by atoms with Crippen LogP contribution in [-0.2, 0) is 14.3 Å². The number of aromatic nitrogens is 4. The first kappa shape index (κ1) is 18.0. The maximum Gasteiger partial charge on any atom is 0.329 e. The first-order valence-electron chi connectivity index (χ1n) is 7.92. The quantitative estimate of drug-likeness (QED) is 0.527. The number of imidazole rings is 1. The molecule has 1 aliphatic rings. The molecule has 0 spiro atoms. The van der Waals surface area contributed by atoms with Crippen molar-refractivity contribution in [2.45, 2.75) is 31.9 Å². The number of amides is 1. The van der Waals surface area contributed by atoms with E-state index in [1.54, 1.807) is 15.8 Å². The SMILES string of the molecule is CC(C(=O)N1CCC(OCC(=O)O)CC1)n1cnc2c(I)ncnc21. The maximum atomic E-state index is 12.8. The van der Waals surface area contributed by atoms with Crippen molar-refractivity contribution >= 4 is 45.6 Å². The topological polar surface area (TPSA) is 110 Å². The summed E-state index contributed by atoms with van der Waals surface area (Å²) in [6.45, 7) is 2.62. The molecule has 134 valence electrons. The third kappa shape index (κ3) is 3.89. The lowest BCUT2D eigenvalue weighted by Crippen LogP contribution is -2.43. The summed E-state index contributed by atoms with van der Waals surface area (Å²) >= 11 is 2.09. The third-order valence-electron chi connectivity index (χ3n) is 4.28. The van der Waals surface area contributed by atoms with Crippen molar-refractivity contribution < 1.29 is 19.4 Å². The minimum Gasteiger partial charge on any atom is -0.480 e. The van der Waals surface area contributed by atoms with Gasteiger partial charge in [-0.25, -0.2) is 19.7 Å². The van der Waals surface area contributed by atoms with Crippen molar-refractivity contribution in [1.82, 2.24) is 24.4 Å². The van der Waals surface area contributed by atoms with E-state index < -0.39 is 12.0 Å². The molecule has 0 bridgehead atoms. The van der Waals surface area contributed by atoms with E-state index in [2.05, 4.69) is 37.5 Å². The van der Waals surface area contributed by atoms with Crippen LogP contribution < -0.4 is 0 Å². The van der Waals surface area contributed by atoms with Crippen molar-refractivity contribution in [2.24, 2.45) is 0 Å². The molecule has 10 heteroatoms. The zero-order valence-electron chi connectivity index (χ0n) is 13.6. The molecule has 0 aliphatic carbocycles. The van der Waals surface area contributed by atoms with Gasteiger partial charge in [0, 0.05) is 13.1 Å². The van der Waals surface area contributed by atoms with E-state index in [1.165, 1.54) is 6.33 Å². The zero-order chi connectivity index (χ0) is 18.0. The van der Waals surface area contributed by atoms with Crippen molar-refractivity contribution in [1.29, 1.82) is 0 Å². The molecule has 0 saturated carbocycles. The fraction of sp³-hybridized carbons (Fsp3) is 0.533. The number of ether oxygens (including phenoxy) is 1. The maximum absolute atomic E-state index is 12.8. The molecule has 1 atom stereocenters. The Bertz CT molecular complexity index is 787. The summed E-state index contributed by atoms with van der Waals surface area (Å²) in [6.07, 6.45) is 4.24. The van der Waals surface area contributed by atoms with Crippen molar-refractivity contribution in [3.05, 3.63) is 16.4 Å². The van der Waals surface area contributed by atoms with Crippen LogP contribution in [0.1, 0.15) is 25.8 Å². The van der Waals surface area contributed by atoms with Gasteiger partial charge in [-0.15, -0.1) is 0 Å². The highest BCUT2D eigenvalue weighted by atomic mass is 127. The summed E-state index contributed by atoms with van der Waals surface area (Å²) in [5.41, 5.74) is 1.32. The number of carbonyl (C=O) groups excluding carboxylic acids is 1. The zero-order valence-corrected chi connectivity index (χ0v) is 15.8. The minimum absolute atomic E-state index is 0.00963. The minimum atomic E-state index is -0.976. The number of hydrogen-bond acceptors (Lipinski definition) is 6. The van der Waals surface area contributed by atoms with Crippen LogP contribution in [0, 0.1) is 3.70 Å². The van der Waals surface area contributed by atoms with Crippen LogP contribution in [0.3, 0.4) is 0 Å². The molecule has 3 rings (SSSR count). The lowest BCUT2D eigenvalue weighted by Gasteiger charge is -2.33. The Morgan fingerprint density at radius 1 is 1.36 bits per heavy atom. The first-order chi connectivity index (χ1) is 12.0. The summed E-state index contributed by atoms with van der Waals surface area (Å²) in [6, 6.07) is -0.424. The first-order valence-corrected chi connectivity index (χ1v) is 9.00. The lowest BCUT2D eigenvalue weighted by atomic mass is 10.1. The molecule has 1 unspecified atom stereocenters. The predicted octanol–water partition coefficient (Wildman–Crippen LogP) is 1.08. The van der Waals surface area contributed by atoms with E-state index in [-0.39, 0.29) is 18.6 Å². The summed E-state index contributed by atoms with van der Waals surface area (Å²) in [5.74, 6) is -0.986. The van der Waals surface area contributed by atoms with Gasteiger partial charge >= 0.3 is 5.97 Å². The molecular formula is C15H18IN5O4. The number of carbonyl (C=O) groups is 2. The predicted molar refractivity (Wildman–Crippen MR) is 95.9 cm³/mol. The fourth-order valence-electron chi connectivity index (χ4n) is 2.92. The van der Waals surface area contributed by atoms with Gasteiger partial charge in [-0.3, -0.25) is 4.79 Å². The van der Waals surface area contributed by atoms with Crippen molar-refractivity contribution in [3.8, 4) is 0 Å². The molecule has 2 aromatic rings. The second kappa shape index (κ2) is 7.60. The molecule has 1 N–H and O–H groups in total. The van der Waals surface area contributed by atoms with Crippen LogP contribution in [0.25, 0.3) is 11.2 Å². The summed E-state index contributed by atoms with van der Waals surface area (Å²) in [4.78, 5) is 37.8. The van der Waals surface area contributed by atoms with Gasteiger partial charge in [0.15, 0.2) is 5.65 Å². The molecule has 1 saturated heterocycles. The number of halogens is 1. The van der Waals surface area contributed by atoms with Crippen LogP contribution in [-0.4, -0.2) is 67.2 Å². The van der Waals surface area contributed by atoms with Gasteiger partial charge in [-0.2, -0.15) is 0 Å². The van der Waals surface area contributed by atoms with Gasteiger partial charge in [0.2, 0.25) is 5.91 Å². The number of carboxylic acid groups (broad SMARTS) is 1. The Morgan fingerprint density at radius 2 is 2.08 bits per heavy atom. The Morgan fingerprint density at radius 3 is 2.76 bits per heavy atom. The Kier molecular flexibility index (Phi) is 5.47. The van der Waals surface area contributed by atoms with Crippen LogP contribution in [0.4, 0.5) is 0 Å². The second-order valence-electron chi connectivity index (χ2n) is 5.89. The van der Waals surface area contributed by atoms with Gasteiger partial charge in [-0.05, 0) is 42.4 Å². The normalized spacial score (nSPS) is 17.0. The number of piperidine rings is 1. The Labute approximate surface area is 157 Å². The molecule has 25 heavy (non-hydrogen) atoms. The van der Waals surface area contributed by atoms with Crippen LogP contribution >= 0.6 is 22.6 Å². The van der Waals surface area contributed by atoms with Gasteiger partial charge in [0.1, 0.15) is 28.2 Å². The monoisotopic (exact) mass is 459 g/mol. The molecular weight excluding hydrogens is 441 g/mol. The number of hydrogen-bond donors (Lipinski definition) is 1. The summed E-state index contributed by atoms with van der Waals surface area (Å²) < 4.78 is 7.81. The smallest absolute Gasteiger partial charge is 0.329 e. The van der Waals surface area contributed by atoms with Crippen molar-refractivity contribution in [3.63, 3.8) is 0 Å². The molecule has 3 heterocycles. The Balaban J connectivity index is 1.65. The van der Waals surface area contributed by atoms with Crippen molar-refractivity contribution in [2.75, 3.05) is 19.7 Å². The molecule has 0 aromatic carbocycles. The number of rotatable bonds is 5. The molecule has 1 amide bonds. The number of carboxylic acids is 1. The number of fused-ring (bicyclic) bond motifs is 1. The number of aliphatic carboxylic acids is 1. The lowest BCUT2D eigenvalue weighted by molar-refractivity contribution is -0.147. The largest absolute Gasteiger partial charge is 0.480 e. The van der Waals surface area contributed by atoms with E-state index in [1.807, 2.05) is 6.92 Å². The molecule has 1 fully saturated rings. The molecule has 2 aromatic heterocycles. The van der Waals surface area contributed by atoms with Gasteiger partial charge in [0.25, 0.3) is 0 Å². The standard InChI is InChI=1S/C15H18IN5O4/c1-9(21-8-19-12-13(16)17-7-18-14(12)21)15(24)20-4-2-10(3-5-20)25-6-11(22)23/h7-10H,2-6H2,1H3,(H,22,23). The number of likely N-dealkylation sites (tertiary alicyclic amines) is 1. The van der Waals surface area contributed by atoms with Gasteiger partial charge < -0.3 is 19.3 Å². The fourth-order valence-corrected chi connectivity index (χ4v) is 3.43. The average Bonchev–Trinajstić information content (AvgIpc) is 3.04. The van der Waals surface area contributed by atoms with E-state index in [0.29, 0.717) is 37.1 Å². The van der Waals surface area contributed by atoms with E-state index >= 15 is 0 Å². The third-order valence-corrected chi connectivity index (χ3v) is 5.07. The van der Waals surface area contributed by atoms with E-state index in [9.17, 15) is 9.59 Å². The molecule has 1 aliphatic heterocycles. The number of nitrogens with zero attached hydrogens (tertiary/aromatic N) is 5. The van der Waals surface area contributed by atoms with Gasteiger partial charge in [0.05, 0.1) is 12.4 Å². The second-order valence-corrected chi connectivity index (χ2v) is 6.92. The summed E-state index contributed by atoms with van der Waals surface area (Å²) in [5, 5.41) is 8.66. The highest BCUT2D eigenvalue weighted by molar-refractivity contribution is 14.1. The molecule has 0 radical (unpaired) electrons. The highest BCUT2D eigenvalue weighted by Gasteiger charge is 2.28. The van der Waals surface area contributed by atoms with Crippen LogP contribution in [0.2, 0.25) is 0 Å². The Hall–Kier alpha value is -1.82. The van der Waals surface area contributed by atoms with E-state index in [4.69, 9.17) is 9.84 Å². The van der Waals surface area contributed by atoms with Crippen LogP contribution in [0.5, 0.6) is 0 Å².